The Morgan fingerprint density at radius 2 is 1.89 bits per heavy atom. The number of H-pyrrole nitrogens is 1. The van der Waals surface area contributed by atoms with E-state index >= 15 is 0 Å². The summed E-state index contributed by atoms with van der Waals surface area (Å²) in [6, 6.07) is 8.14. The van der Waals surface area contributed by atoms with Crippen molar-refractivity contribution in [3.63, 3.8) is 0 Å². The number of hydrogen-bond acceptors (Lipinski definition) is 9. The van der Waals surface area contributed by atoms with Crippen molar-refractivity contribution < 1.29 is 14.2 Å². The molecule has 37 heavy (non-hydrogen) atoms. The van der Waals surface area contributed by atoms with E-state index in [1.54, 1.807) is 11.8 Å². The first kappa shape index (κ1) is 23.8. The van der Waals surface area contributed by atoms with Crippen molar-refractivity contribution in [3.05, 3.63) is 41.6 Å². The fraction of sp³-hybridized carbons (Fsp3) is 0.480. The van der Waals surface area contributed by atoms with E-state index in [1.807, 2.05) is 31.4 Å². The number of anilines is 2. The summed E-state index contributed by atoms with van der Waals surface area (Å²) in [5, 5.41) is 19.2. The van der Waals surface area contributed by atoms with Crippen LogP contribution < -0.4 is 26.0 Å². The molecule has 1 atom stereocenters. The van der Waals surface area contributed by atoms with E-state index in [0.29, 0.717) is 43.8 Å². The number of morpholine rings is 1. The van der Waals surface area contributed by atoms with Crippen LogP contribution in [0.2, 0.25) is 0 Å². The summed E-state index contributed by atoms with van der Waals surface area (Å²) in [4.78, 5) is 7.40. The molecular formula is C25H33N9O3. The molecule has 3 aromatic rings. The van der Waals surface area contributed by atoms with Gasteiger partial charge in [-0.2, -0.15) is 10.2 Å². The second-order valence-corrected chi connectivity index (χ2v) is 9.56. The molecule has 3 aliphatic heterocycles. The van der Waals surface area contributed by atoms with E-state index in [-0.39, 0.29) is 6.04 Å². The summed E-state index contributed by atoms with van der Waals surface area (Å²) in [5.41, 5.74) is 11.2. The summed E-state index contributed by atoms with van der Waals surface area (Å²) in [6.45, 7) is 4.47. The second-order valence-electron chi connectivity index (χ2n) is 9.56. The number of nitrogens with one attached hydrogen (secondary N) is 3. The molecule has 5 heterocycles. The van der Waals surface area contributed by atoms with Crippen LogP contribution in [0.4, 0.5) is 11.5 Å². The Morgan fingerprint density at radius 3 is 2.62 bits per heavy atom. The van der Waals surface area contributed by atoms with Gasteiger partial charge in [0.25, 0.3) is 0 Å². The molecule has 6 rings (SSSR count). The van der Waals surface area contributed by atoms with Gasteiger partial charge >= 0.3 is 0 Å². The molecule has 1 unspecified atom stereocenters. The fourth-order valence-electron chi connectivity index (χ4n) is 5.12. The molecule has 2 aromatic heterocycles. The van der Waals surface area contributed by atoms with Crippen LogP contribution in [0.3, 0.4) is 0 Å². The van der Waals surface area contributed by atoms with Crippen LogP contribution in [-0.2, 0) is 22.3 Å². The highest BCUT2D eigenvalue weighted by Gasteiger charge is 2.40. The van der Waals surface area contributed by atoms with E-state index in [2.05, 4.69) is 36.9 Å². The third-order valence-corrected chi connectivity index (χ3v) is 7.09. The molecular weight excluding hydrogens is 474 g/mol. The molecule has 0 aliphatic carbocycles. The fourth-order valence-corrected chi connectivity index (χ4v) is 5.12. The Labute approximate surface area is 215 Å². The predicted octanol–water partition coefficient (Wildman–Crippen LogP) is 1.37. The predicted molar refractivity (Wildman–Crippen MR) is 140 cm³/mol. The van der Waals surface area contributed by atoms with E-state index in [0.717, 1.165) is 54.1 Å². The molecule has 1 aromatic carbocycles. The van der Waals surface area contributed by atoms with Crippen LogP contribution in [0.25, 0.3) is 11.4 Å². The van der Waals surface area contributed by atoms with Gasteiger partial charge in [0, 0.05) is 51.3 Å². The normalized spacial score (nSPS) is 23.4. The molecule has 5 N–H and O–H groups in total. The quantitative estimate of drug-likeness (QED) is 0.403. The number of aromatic amines is 1. The van der Waals surface area contributed by atoms with Crippen molar-refractivity contribution in [1.29, 1.82) is 0 Å². The summed E-state index contributed by atoms with van der Waals surface area (Å²) >= 11 is 0. The first-order valence-electron chi connectivity index (χ1n) is 12.6. The van der Waals surface area contributed by atoms with Gasteiger partial charge in [0.1, 0.15) is 17.3 Å². The van der Waals surface area contributed by atoms with E-state index < -0.39 is 5.79 Å². The molecule has 0 radical (unpaired) electrons. The third kappa shape index (κ3) is 4.52. The molecule has 3 aliphatic rings. The van der Waals surface area contributed by atoms with Crippen molar-refractivity contribution in [2.24, 2.45) is 17.8 Å². The van der Waals surface area contributed by atoms with Gasteiger partial charge in [-0.05, 0) is 31.0 Å². The standard InChI is InChI=1S/C25H33N9O3/c1-33-8-5-19(32-33)22-21-23(27-16-6-11-36-12-7-16)28-25(26,29-24(21)31-30-22)18-4-3-17(15-20(18)35-2)34-9-13-37-14-10-34/h3-5,8,15-16H,6-7,9-14,26H2,1-2H3,(H,27,28)(H2,29,30,31). The number of ether oxygens (including phenoxy) is 3. The Hall–Kier alpha value is -3.61. The SMILES string of the molecule is COc1cc(N2CCOCC2)ccc1C1(N)NC(=NC2CCOCC2)c2c(n[nH]c2-c2ccn(C)n2)N1. The Bertz CT molecular complexity index is 1290. The van der Waals surface area contributed by atoms with Crippen LogP contribution >= 0.6 is 0 Å². The minimum absolute atomic E-state index is 0.114. The van der Waals surface area contributed by atoms with Gasteiger partial charge < -0.3 is 29.7 Å². The van der Waals surface area contributed by atoms with Crippen LogP contribution in [0.5, 0.6) is 5.75 Å². The van der Waals surface area contributed by atoms with Gasteiger partial charge in [0.2, 0.25) is 0 Å². The monoisotopic (exact) mass is 507 g/mol. The highest BCUT2D eigenvalue weighted by molar-refractivity contribution is 6.09. The van der Waals surface area contributed by atoms with Crippen LogP contribution in [-0.4, -0.2) is 78.5 Å². The number of hydrogen-bond donors (Lipinski definition) is 4. The smallest absolute Gasteiger partial charge is 0.195 e. The number of amidine groups is 1. The molecule has 0 bridgehead atoms. The number of nitrogens with two attached hydrogens (primary N) is 1. The van der Waals surface area contributed by atoms with Crippen LogP contribution in [0.15, 0.2) is 35.5 Å². The number of nitrogens with zero attached hydrogens (tertiary/aromatic N) is 5. The van der Waals surface area contributed by atoms with Gasteiger partial charge in [0.15, 0.2) is 11.6 Å². The molecule has 2 fully saturated rings. The summed E-state index contributed by atoms with van der Waals surface area (Å²) in [6.07, 6.45) is 3.59. The number of aryl methyl sites for hydroxylation is 1. The molecule has 0 amide bonds. The van der Waals surface area contributed by atoms with Gasteiger partial charge in [0.05, 0.1) is 43.2 Å². The average Bonchev–Trinajstić information content (AvgIpc) is 3.55. The summed E-state index contributed by atoms with van der Waals surface area (Å²) in [5.74, 6) is 0.729. The van der Waals surface area contributed by atoms with E-state index in [4.69, 9.17) is 24.9 Å². The van der Waals surface area contributed by atoms with Crippen molar-refractivity contribution in [1.82, 2.24) is 25.3 Å². The topological polar surface area (TPSA) is 140 Å². The molecule has 2 saturated heterocycles. The minimum atomic E-state index is -1.21. The molecule has 12 nitrogen and oxygen atoms in total. The maximum Gasteiger partial charge on any atom is 0.195 e. The average molecular weight is 508 g/mol. The maximum absolute atomic E-state index is 7.03. The van der Waals surface area contributed by atoms with Crippen molar-refractivity contribution in [2.75, 3.05) is 56.8 Å². The Kier molecular flexibility index (Phi) is 6.22. The van der Waals surface area contributed by atoms with Crippen molar-refractivity contribution in [3.8, 4) is 17.1 Å². The summed E-state index contributed by atoms with van der Waals surface area (Å²) < 4.78 is 18.7. The largest absolute Gasteiger partial charge is 0.496 e. The highest BCUT2D eigenvalue weighted by atomic mass is 16.5. The van der Waals surface area contributed by atoms with Gasteiger partial charge in [-0.1, -0.05) is 0 Å². The second kappa shape index (κ2) is 9.69. The van der Waals surface area contributed by atoms with Crippen LogP contribution in [0.1, 0.15) is 24.0 Å². The number of rotatable bonds is 5. The zero-order chi connectivity index (χ0) is 25.4. The number of benzene rings is 1. The van der Waals surface area contributed by atoms with E-state index in [9.17, 15) is 0 Å². The molecule has 0 saturated carbocycles. The van der Waals surface area contributed by atoms with E-state index in [1.165, 1.54) is 0 Å². The van der Waals surface area contributed by atoms with Crippen LogP contribution in [0, 0.1) is 0 Å². The zero-order valence-electron chi connectivity index (χ0n) is 21.2. The lowest BCUT2D eigenvalue weighted by Gasteiger charge is -2.39. The first-order chi connectivity index (χ1) is 18.0. The highest BCUT2D eigenvalue weighted by Crippen LogP contribution is 2.37. The summed E-state index contributed by atoms with van der Waals surface area (Å²) in [7, 11) is 3.54. The first-order valence-corrected chi connectivity index (χ1v) is 12.6. The number of fused-ring (bicyclic) bond motifs is 1. The van der Waals surface area contributed by atoms with Gasteiger partial charge in [-0.3, -0.25) is 20.5 Å². The Morgan fingerprint density at radius 1 is 1.11 bits per heavy atom. The minimum Gasteiger partial charge on any atom is -0.496 e. The zero-order valence-corrected chi connectivity index (χ0v) is 21.2. The number of methoxy groups -OCH3 is 1. The lowest BCUT2D eigenvalue weighted by Crippen LogP contribution is -2.61. The van der Waals surface area contributed by atoms with Gasteiger partial charge in [-0.25, -0.2) is 0 Å². The van der Waals surface area contributed by atoms with Crippen molar-refractivity contribution in [2.45, 2.75) is 24.7 Å². The molecule has 0 spiro atoms. The third-order valence-electron chi connectivity index (χ3n) is 7.09. The lowest BCUT2D eigenvalue weighted by atomic mass is 10.0. The maximum atomic E-state index is 7.03. The molecule has 12 heteroatoms. The number of aliphatic imine (C=N–C) groups is 1. The Balaban J connectivity index is 1.40. The lowest BCUT2D eigenvalue weighted by molar-refractivity contribution is 0.0870. The van der Waals surface area contributed by atoms with Gasteiger partial charge in [-0.15, -0.1) is 0 Å². The molecule has 196 valence electrons. The number of aromatic nitrogens is 4. The van der Waals surface area contributed by atoms with Crippen molar-refractivity contribution >= 4 is 17.3 Å².